The second-order valence-corrected chi connectivity index (χ2v) is 7.64. The van der Waals surface area contributed by atoms with Gasteiger partial charge in [0.15, 0.2) is 5.69 Å². The molecule has 1 aliphatic heterocycles. The molecule has 2 aromatic carbocycles. The molecule has 2 heterocycles. The van der Waals surface area contributed by atoms with Gasteiger partial charge in [0.2, 0.25) is 0 Å². The molecular formula is C20H15Cl2F3N4O. The number of rotatable bonds is 3. The Balaban J connectivity index is 1.92. The van der Waals surface area contributed by atoms with Crippen LogP contribution in [0.15, 0.2) is 48.5 Å². The van der Waals surface area contributed by atoms with Crippen molar-refractivity contribution in [3.8, 4) is 17.1 Å². The van der Waals surface area contributed by atoms with Crippen LogP contribution < -0.4 is 10.6 Å². The van der Waals surface area contributed by atoms with Crippen LogP contribution in [0.25, 0.3) is 17.1 Å². The van der Waals surface area contributed by atoms with Gasteiger partial charge in [-0.3, -0.25) is 9.36 Å². The Morgan fingerprint density at radius 1 is 1.10 bits per heavy atom. The Kier molecular flexibility index (Phi) is 5.38. The van der Waals surface area contributed by atoms with E-state index in [-0.39, 0.29) is 18.1 Å². The number of fused-ring (bicyclic) bond motifs is 1. The second-order valence-electron chi connectivity index (χ2n) is 6.79. The van der Waals surface area contributed by atoms with Crippen molar-refractivity contribution in [1.82, 2.24) is 14.9 Å². The molecule has 0 saturated heterocycles. The summed E-state index contributed by atoms with van der Waals surface area (Å²) in [5.74, 6) is -0.0806. The van der Waals surface area contributed by atoms with Gasteiger partial charge in [-0.1, -0.05) is 35.3 Å². The number of imidazole rings is 1. The fraction of sp³-hybridized carbons (Fsp3) is 0.200. The fourth-order valence-corrected chi connectivity index (χ4v) is 3.67. The maximum absolute atomic E-state index is 13.0. The molecule has 1 atom stereocenters. The average Bonchev–Trinajstić information content (AvgIpc) is 2.97. The van der Waals surface area contributed by atoms with E-state index in [1.54, 1.807) is 53.1 Å². The topological polar surface area (TPSA) is 59.0 Å². The zero-order valence-electron chi connectivity index (χ0n) is 15.3. The number of benzene rings is 2. The van der Waals surface area contributed by atoms with E-state index in [1.807, 2.05) is 0 Å². The quantitative estimate of drug-likeness (QED) is 0.562. The highest BCUT2D eigenvalue weighted by Gasteiger charge is 2.36. The fourth-order valence-electron chi connectivity index (χ4n) is 3.32. The Labute approximate surface area is 179 Å². The van der Waals surface area contributed by atoms with Gasteiger partial charge in [-0.15, -0.1) is 0 Å². The Morgan fingerprint density at radius 2 is 1.80 bits per heavy atom. The molecule has 3 aromatic rings. The zero-order valence-corrected chi connectivity index (χ0v) is 16.8. The lowest BCUT2D eigenvalue weighted by Gasteiger charge is -2.21. The van der Waals surface area contributed by atoms with Crippen LogP contribution in [0.1, 0.15) is 16.9 Å². The molecular weight excluding hydrogens is 440 g/mol. The van der Waals surface area contributed by atoms with Gasteiger partial charge in [0.25, 0.3) is 5.91 Å². The first-order chi connectivity index (χ1) is 14.2. The van der Waals surface area contributed by atoms with Crippen LogP contribution in [-0.2, 0) is 0 Å². The molecule has 0 spiro atoms. The third-order valence-electron chi connectivity index (χ3n) is 4.62. The third kappa shape index (κ3) is 4.11. The van der Waals surface area contributed by atoms with Gasteiger partial charge in [0.1, 0.15) is 11.6 Å². The average molecular weight is 455 g/mol. The summed E-state index contributed by atoms with van der Waals surface area (Å²) in [6.45, 7) is -0.184. The molecule has 1 unspecified atom stereocenters. The standard InChI is InChI=1S/C20H15Cl2F3N4O/c21-11-5-7-13(8-6-11)29-17(14-3-1-2-4-15(14)22)28-16-18(29)27-12(9-20(23,24)25)10-26-19(16)30/h1-8,12,27H,9-10H2,(H,26,30). The molecule has 0 bridgehead atoms. The molecule has 10 heteroatoms. The van der Waals surface area contributed by atoms with Crippen molar-refractivity contribution < 1.29 is 18.0 Å². The summed E-state index contributed by atoms with van der Waals surface area (Å²) in [5, 5.41) is 6.25. The van der Waals surface area contributed by atoms with Gasteiger partial charge in [0.05, 0.1) is 17.5 Å². The highest BCUT2D eigenvalue weighted by atomic mass is 35.5. The van der Waals surface area contributed by atoms with Gasteiger partial charge >= 0.3 is 6.18 Å². The van der Waals surface area contributed by atoms with E-state index < -0.39 is 24.5 Å². The van der Waals surface area contributed by atoms with Crippen molar-refractivity contribution in [2.24, 2.45) is 0 Å². The molecule has 2 N–H and O–H groups in total. The lowest BCUT2D eigenvalue weighted by Crippen LogP contribution is -2.36. The highest BCUT2D eigenvalue weighted by Crippen LogP contribution is 2.36. The Morgan fingerprint density at radius 3 is 2.47 bits per heavy atom. The maximum atomic E-state index is 13.0. The van der Waals surface area contributed by atoms with Crippen molar-refractivity contribution in [3.05, 3.63) is 64.3 Å². The van der Waals surface area contributed by atoms with Crippen LogP contribution in [0.3, 0.4) is 0 Å². The first kappa shape index (κ1) is 20.6. The highest BCUT2D eigenvalue weighted by molar-refractivity contribution is 6.33. The number of amides is 1. The smallest absolute Gasteiger partial charge is 0.364 e. The molecule has 156 valence electrons. The van der Waals surface area contributed by atoms with Gasteiger partial charge in [-0.05, 0) is 36.4 Å². The number of aromatic nitrogens is 2. The van der Waals surface area contributed by atoms with E-state index in [9.17, 15) is 18.0 Å². The SMILES string of the molecule is O=C1NCC(CC(F)(F)F)Nc2c1nc(-c1ccccc1Cl)n2-c1ccc(Cl)cc1. The molecule has 4 rings (SSSR count). The first-order valence-corrected chi connectivity index (χ1v) is 9.73. The number of carbonyl (C=O) groups excluding carboxylic acids is 1. The van der Waals surface area contributed by atoms with Crippen molar-refractivity contribution in [1.29, 1.82) is 0 Å². The van der Waals surface area contributed by atoms with E-state index in [2.05, 4.69) is 15.6 Å². The van der Waals surface area contributed by atoms with Crippen molar-refractivity contribution in [2.45, 2.75) is 18.6 Å². The molecule has 0 aliphatic carbocycles. The molecule has 0 fully saturated rings. The van der Waals surface area contributed by atoms with Gasteiger partial charge < -0.3 is 10.6 Å². The third-order valence-corrected chi connectivity index (χ3v) is 5.20. The number of alkyl halides is 3. The minimum atomic E-state index is -4.40. The molecule has 1 aliphatic rings. The summed E-state index contributed by atoms with van der Waals surface area (Å²) in [6.07, 6.45) is -5.51. The second kappa shape index (κ2) is 7.85. The molecule has 5 nitrogen and oxygen atoms in total. The van der Waals surface area contributed by atoms with Crippen LogP contribution in [0.4, 0.5) is 19.0 Å². The minimum Gasteiger partial charge on any atom is -0.364 e. The minimum absolute atomic E-state index is 0.00968. The predicted octanol–water partition coefficient (Wildman–Crippen LogP) is 5.32. The number of carbonyl (C=O) groups is 1. The monoisotopic (exact) mass is 454 g/mol. The summed E-state index contributed by atoms with van der Waals surface area (Å²) in [7, 11) is 0. The Bertz CT molecular complexity index is 1100. The summed E-state index contributed by atoms with van der Waals surface area (Å²) < 4.78 is 40.7. The molecule has 0 saturated carbocycles. The van der Waals surface area contributed by atoms with Crippen molar-refractivity contribution in [2.75, 3.05) is 11.9 Å². The van der Waals surface area contributed by atoms with E-state index in [0.717, 1.165) is 0 Å². The largest absolute Gasteiger partial charge is 0.391 e. The van der Waals surface area contributed by atoms with Gasteiger partial charge in [-0.25, -0.2) is 4.98 Å². The number of hydrogen-bond acceptors (Lipinski definition) is 3. The summed E-state index contributed by atoms with van der Waals surface area (Å²) in [4.78, 5) is 17.1. The van der Waals surface area contributed by atoms with E-state index in [0.29, 0.717) is 27.1 Å². The van der Waals surface area contributed by atoms with Crippen LogP contribution in [0.2, 0.25) is 10.0 Å². The number of nitrogens with zero attached hydrogens (tertiary/aromatic N) is 2. The molecule has 0 radical (unpaired) electrons. The van der Waals surface area contributed by atoms with E-state index >= 15 is 0 Å². The van der Waals surface area contributed by atoms with Crippen LogP contribution in [0, 0.1) is 0 Å². The maximum Gasteiger partial charge on any atom is 0.391 e. The summed E-state index contributed by atoms with van der Waals surface area (Å²) in [5.41, 5.74) is 1.09. The lowest BCUT2D eigenvalue weighted by atomic mass is 10.2. The number of hydrogen-bond donors (Lipinski definition) is 2. The van der Waals surface area contributed by atoms with Crippen LogP contribution in [-0.4, -0.2) is 34.2 Å². The van der Waals surface area contributed by atoms with Crippen molar-refractivity contribution >= 4 is 34.9 Å². The zero-order chi connectivity index (χ0) is 21.5. The molecule has 30 heavy (non-hydrogen) atoms. The molecule has 1 amide bonds. The lowest BCUT2D eigenvalue weighted by molar-refractivity contribution is -0.136. The first-order valence-electron chi connectivity index (χ1n) is 8.98. The normalized spacial score (nSPS) is 16.4. The predicted molar refractivity (Wildman–Crippen MR) is 109 cm³/mol. The van der Waals surface area contributed by atoms with Gasteiger partial charge in [-0.2, -0.15) is 13.2 Å². The molecule has 1 aromatic heterocycles. The number of anilines is 1. The van der Waals surface area contributed by atoms with Crippen LogP contribution in [0.5, 0.6) is 0 Å². The summed E-state index contributed by atoms with van der Waals surface area (Å²) in [6, 6.07) is 12.5. The van der Waals surface area contributed by atoms with Crippen molar-refractivity contribution in [3.63, 3.8) is 0 Å². The van der Waals surface area contributed by atoms with E-state index in [1.165, 1.54) is 0 Å². The van der Waals surface area contributed by atoms with Gasteiger partial charge in [0, 0.05) is 22.8 Å². The van der Waals surface area contributed by atoms with Crippen LogP contribution >= 0.6 is 23.2 Å². The number of halogens is 5. The Hall–Kier alpha value is -2.71. The number of nitrogens with one attached hydrogen (secondary N) is 2. The van der Waals surface area contributed by atoms with E-state index in [4.69, 9.17) is 23.2 Å². The summed E-state index contributed by atoms with van der Waals surface area (Å²) >= 11 is 12.3.